The Morgan fingerprint density at radius 2 is 1.69 bits per heavy atom. The number of nitrogens with two attached hydrogens (primary N) is 1. The third kappa shape index (κ3) is 3.92. The number of aromatic hydroxyl groups is 1. The van der Waals surface area contributed by atoms with Gasteiger partial charge in [0.25, 0.3) is 0 Å². The summed E-state index contributed by atoms with van der Waals surface area (Å²) in [6.45, 7) is 4.25. The topological polar surface area (TPSA) is 86.7 Å². The molecule has 1 aromatic carbocycles. The van der Waals surface area contributed by atoms with Crippen molar-refractivity contribution in [2.75, 3.05) is 13.2 Å². The zero-order chi connectivity index (χ0) is 18.9. The van der Waals surface area contributed by atoms with Crippen molar-refractivity contribution in [2.24, 2.45) is 23.5 Å². The van der Waals surface area contributed by atoms with Crippen molar-refractivity contribution >= 4 is 0 Å². The molecule has 26 heavy (non-hydrogen) atoms. The Morgan fingerprint density at radius 3 is 2.27 bits per heavy atom. The van der Waals surface area contributed by atoms with Gasteiger partial charge in [0.15, 0.2) is 0 Å². The van der Waals surface area contributed by atoms with Crippen LogP contribution in [0.2, 0.25) is 0 Å². The number of aryl methyl sites for hydroxylation is 1. The molecule has 2 bridgehead atoms. The molecule has 2 atom stereocenters. The van der Waals surface area contributed by atoms with Crippen LogP contribution in [0.3, 0.4) is 0 Å². The van der Waals surface area contributed by atoms with Crippen LogP contribution in [0.1, 0.15) is 63.5 Å². The standard InChI is InChI=1S/C22H35NO3/c1-15-7-18-8-16(2)11-21(10-15,12-18)19-9-17(3-4-20(19)26)5-6-22(23,13-24)14-25/h3-4,9,15-16,18,24-26H,5-8,10-14,23H2,1-2H3. The minimum absolute atomic E-state index is 0.0911. The first-order valence-electron chi connectivity index (χ1n) is 10.1. The average molecular weight is 362 g/mol. The number of phenols is 1. The van der Waals surface area contributed by atoms with Crippen LogP contribution < -0.4 is 5.73 Å². The van der Waals surface area contributed by atoms with E-state index in [0.717, 1.165) is 29.9 Å². The van der Waals surface area contributed by atoms with Crippen LogP contribution >= 0.6 is 0 Å². The van der Waals surface area contributed by atoms with E-state index in [2.05, 4.69) is 19.9 Å². The smallest absolute Gasteiger partial charge is 0.119 e. The molecule has 0 aliphatic heterocycles. The minimum Gasteiger partial charge on any atom is -0.508 e. The highest BCUT2D eigenvalue weighted by Gasteiger charge is 2.46. The molecule has 5 N–H and O–H groups in total. The lowest BCUT2D eigenvalue weighted by Gasteiger charge is -2.50. The fraction of sp³-hybridized carbons (Fsp3) is 0.727. The molecular weight excluding hydrogens is 326 g/mol. The zero-order valence-corrected chi connectivity index (χ0v) is 16.2. The van der Waals surface area contributed by atoms with Gasteiger partial charge in [0.05, 0.1) is 18.8 Å². The molecule has 2 fully saturated rings. The average Bonchev–Trinajstić information content (AvgIpc) is 2.59. The molecular formula is C22H35NO3. The SMILES string of the molecule is CC1CC2CC(C)CC(c3cc(CCC(N)(CO)CO)ccc3O)(C1)C2. The van der Waals surface area contributed by atoms with Crippen LogP contribution in [-0.2, 0) is 11.8 Å². The quantitative estimate of drug-likeness (QED) is 0.627. The van der Waals surface area contributed by atoms with Crippen LogP contribution in [-0.4, -0.2) is 34.1 Å². The van der Waals surface area contributed by atoms with E-state index in [9.17, 15) is 15.3 Å². The van der Waals surface area contributed by atoms with Gasteiger partial charge >= 0.3 is 0 Å². The molecule has 4 heteroatoms. The van der Waals surface area contributed by atoms with Crippen molar-refractivity contribution < 1.29 is 15.3 Å². The largest absolute Gasteiger partial charge is 0.508 e. The van der Waals surface area contributed by atoms with Crippen LogP contribution in [0.5, 0.6) is 5.75 Å². The van der Waals surface area contributed by atoms with Gasteiger partial charge in [-0.1, -0.05) is 26.0 Å². The molecule has 3 rings (SSSR count). The van der Waals surface area contributed by atoms with Crippen LogP contribution in [0.4, 0.5) is 0 Å². The van der Waals surface area contributed by atoms with Crippen LogP contribution in [0.15, 0.2) is 18.2 Å². The van der Waals surface area contributed by atoms with Gasteiger partial charge in [0, 0.05) is 5.56 Å². The lowest BCUT2D eigenvalue weighted by atomic mass is 9.54. The van der Waals surface area contributed by atoms with E-state index in [0.29, 0.717) is 30.4 Å². The second-order valence-electron chi connectivity index (χ2n) is 9.47. The number of rotatable bonds is 6. The lowest BCUT2D eigenvalue weighted by Crippen LogP contribution is -2.47. The second-order valence-corrected chi connectivity index (χ2v) is 9.47. The van der Waals surface area contributed by atoms with Crippen LogP contribution in [0, 0.1) is 17.8 Å². The maximum Gasteiger partial charge on any atom is 0.119 e. The van der Waals surface area contributed by atoms with Gasteiger partial charge in [-0.3, -0.25) is 0 Å². The number of phenolic OH excluding ortho intramolecular Hbond substituents is 1. The van der Waals surface area contributed by atoms with E-state index < -0.39 is 5.54 Å². The van der Waals surface area contributed by atoms with Gasteiger partial charge in [0.2, 0.25) is 0 Å². The predicted molar refractivity (Wildman–Crippen MR) is 104 cm³/mol. The fourth-order valence-electron chi connectivity index (χ4n) is 5.80. The number of hydrogen-bond donors (Lipinski definition) is 4. The van der Waals surface area contributed by atoms with Gasteiger partial charge in [-0.15, -0.1) is 0 Å². The van der Waals surface area contributed by atoms with Crippen molar-refractivity contribution in [3.8, 4) is 5.75 Å². The molecule has 0 amide bonds. The van der Waals surface area contributed by atoms with E-state index >= 15 is 0 Å². The second kappa shape index (κ2) is 7.49. The number of fused-ring (bicyclic) bond motifs is 2. The zero-order valence-electron chi connectivity index (χ0n) is 16.2. The summed E-state index contributed by atoms with van der Waals surface area (Å²) in [7, 11) is 0. The molecule has 146 valence electrons. The van der Waals surface area contributed by atoms with Crippen molar-refractivity contribution in [2.45, 2.75) is 69.7 Å². The number of aliphatic hydroxyl groups is 2. The number of benzene rings is 1. The summed E-state index contributed by atoms with van der Waals surface area (Å²) in [6, 6.07) is 5.93. The minimum atomic E-state index is -0.944. The lowest BCUT2D eigenvalue weighted by molar-refractivity contribution is 0.0762. The summed E-state index contributed by atoms with van der Waals surface area (Å²) in [5, 5.41) is 29.5. The molecule has 2 aliphatic carbocycles. The normalized spacial score (nSPS) is 31.8. The Hall–Kier alpha value is -1.10. The van der Waals surface area contributed by atoms with E-state index in [4.69, 9.17) is 5.73 Å². The molecule has 0 aromatic heterocycles. The van der Waals surface area contributed by atoms with Crippen LogP contribution in [0.25, 0.3) is 0 Å². The van der Waals surface area contributed by atoms with Gasteiger partial charge in [-0.05, 0) is 79.7 Å². The molecule has 2 aliphatic rings. The van der Waals surface area contributed by atoms with Crippen molar-refractivity contribution in [1.82, 2.24) is 0 Å². The summed E-state index contributed by atoms with van der Waals surface area (Å²) < 4.78 is 0. The first-order chi connectivity index (χ1) is 12.3. The fourth-order valence-corrected chi connectivity index (χ4v) is 5.80. The third-order valence-corrected chi connectivity index (χ3v) is 6.80. The Labute approximate surface area is 157 Å². The molecule has 2 unspecified atom stereocenters. The maximum absolute atomic E-state index is 10.7. The van der Waals surface area contributed by atoms with Crippen molar-refractivity contribution in [3.63, 3.8) is 0 Å². The van der Waals surface area contributed by atoms with E-state index in [-0.39, 0.29) is 18.6 Å². The summed E-state index contributed by atoms with van der Waals surface area (Å²) in [5.74, 6) is 2.58. The first kappa shape index (κ1) is 19.7. The summed E-state index contributed by atoms with van der Waals surface area (Å²) in [6.07, 6.45) is 7.33. The van der Waals surface area contributed by atoms with Crippen molar-refractivity contribution in [3.05, 3.63) is 29.3 Å². The highest BCUT2D eigenvalue weighted by atomic mass is 16.3. The first-order valence-corrected chi connectivity index (χ1v) is 10.1. The Morgan fingerprint density at radius 1 is 1.08 bits per heavy atom. The molecule has 0 spiro atoms. The van der Waals surface area contributed by atoms with E-state index in [1.54, 1.807) is 0 Å². The van der Waals surface area contributed by atoms with E-state index in [1.807, 2.05) is 12.1 Å². The Bertz CT molecular complexity index is 606. The number of hydrogen-bond acceptors (Lipinski definition) is 4. The van der Waals surface area contributed by atoms with Gasteiger partial charge in [-0.2, -0.15) is 0 Å². The third-order valence-electron chi connectivity index (χ3n) is 6.80. The molecule has 0 radical (unpaired) electrons. The number of aliphatic hydroxyl groups excluding tert-OH is 2. The Balaban J connectivity index is 1.87. The highest BCUT2D eigenvalue weighted by Crippen LogP contribution is 2.55. The Kier molecular flexibility index (Phi) is 5.66. The summed E-state index contributed by atoms with van der Waals surface area (Å²) >= 11 is 0. The molecule has 0 heterocycles. The maximum atomic E-state index is 10.7. The molecule has 0 saturated heterocycles. The highest BCUT2D eigenvalue weighted by molar-refractivity contribution is 5.43. The summed E-state index contributed by atoms with van der Waals surface area (Å²) in [5.41, 5.74) is 7.40. The van der Waals surface area contributed by atoms with Gasteiger partial charge in [-0.25, -0.2) is 0 Å². The molecule has 1 aromatic rings. The predicted octanol–water partition coefficient (Wildman–Crippen LogP) is 3.11. The van der Waals surface area contributed by atoms with Crippen molar-refractivity contribution in [1.29, 1.82) is 0 Å². The van der Waals surface area contributed by atoms with E-state index in [1.165, 1.54) is 19.3 Å². The monoisotopic (exact) mass is 361 g/mol. The molecule has 4 nitrogen and oxygen atoms in total. The van der Waals surface area contributed by atoms with Gasteiger partial charge in [0.1, 0.15) is 5.75 Å². The van der Waals surface area contributed by atoms with Gasteiger partial charge < -0.3 is 21.1 Å². The summed E-state index contributed by atoms with van der Waals surface area (Å²) in [4.78, 5) is 0. The molecule has 2 saturated carbocycles.